The first-order valence-corrected chi connectivity index (χ1v) is 0.651. The van der Waals surface area contributed by atoms with Gasteiger partial charge in [-0.15, -0.1) is 0 Å². The van der Waals surface area contributed by atoms with Gasteiger partial charge in [0.25, 0.3) is 0 Å². The maximum atomic E-state index is 8.56. The van der Waals surface area contributed by atoms with Crippen molar-refractivity contribution >= 4 is 71.9 Å². The summed E-state index contributed by atoms with van der Waals surface area (Å²) in [5, 5.41) is 13.9. The van der Waals surface area contributed by atoms with Gasteiger partial charge in [-0.2, -0.15) is 0 Å². The van der Waals surface area contributed by atoms with Crippen molar-refractivity contribution in [3.63, 3.8) is 0 Å². The Hall–Kier alpha value is 1.36. The summed E-state index contributed by atoms with van der Waals surface area (Å²) in [5.41, 5.74) is 0. The first-order chi connectivity index (χ1) is 1.73. The van der Waals surface area contributed by atoms with E-state index in [0.29, 0.717) is 0 Å². The Morgan fingerprint density at radius 3 is 1.25 bits per heavy atom. The molecule has 7 heteroatoms. The Bertz CT molecular complexity index is 39.0. The van der Waals surface area contributed by atoms with Crippen molar-refractivity contribution < 1.29 is 20.5 Å². The van der Waals surface area contributed by atoms with Crippen LogP contribution in [0.25, 0.3) is 0 Å². The van der Waals surface area contributed by atoms with Crippen LogP contribution in [0.15, 0.2) is 0 Å². The van der Waals surface area contributed by atoms with Gasteiger partial charge in [-0.1, -0.05) is 0 Å². The summed E-state index contributed by atoms with van der Waals surface area (Å²) in [6, 6.07) is 0. The zero-order chi connectivity index (χ0) is 3.58. The van der Waals surface area contributed by atoms with E-state index in [1.807, 2.05) is 0 Å². The first kappa shape index (κ1) is 34.4. The van der Waals surface area contributed by atoms with Gasteiger partial charge in [0.05, 0.1) is 0 Å². The van der Waals surface area contributed by atoms with Crippen molar-refractivity contribution in [3.8, 4) is 0 Å². The van der Waals surface area contributed by atoms with Gasteiger partial charge in [0, 0.05) is 0 Å². The molecule has 0 aliphatic rings. The molecule has 0 rings (SSSR count). The molecule has 0 aliphatic heterocycles. The number of rotatable bonds is 0. The number of carboxylic acid groups (broad SMARTS) is 2. The molecule has 0 aromatic heterocycles. The molecule has 4 N–H and O–H groups in total. The second-order valence-corrected chi connectivity index (χ2v) is 0.283. The van der Waals surface area contributed by atoms with Crippen LogP contribution in [0.4, 0.5) is 4.79 Å². The fraction of sp³-hybridized carbons (Fsp3) is 0. The standard InChI is InChI=1S/CH2O3.Al.Li.Na.H2O.5H/c2-1(3)4;;;;;;;;;/h(H2,2,3,4);;;;1H2;;;;;. The van der Waals surface area contributed by atoms with Crippen molar-refractivity contribution in [1.82, 2.24) is 0 Å². The molecule has 0 saturated carbocycles. The molecule has 0 saturated heterocycles. The van der Waals surface area contributed by atoms with Crippen LogP contribution in [-0.2, 0) is 0 Å². The monoisotopic (exact) mass is 142 g/mol. The predicted molar refractivity (Wildman–Crippen MR) is 38.5 cm³/mol. The van der Waals surface area contributed by atoms with Crippen LogP contribution in [0, 0.1) is 0 Å². The molecule has 0 aromatic rings. The Labute approximate surface area is 91.6 Å². The molecule has 0 heterocycles. The minimum atomic E-state index is -1.83. The van der Waals surface area contributed by atoms with Gasteiger partial charge < -0.3 is 15.7 Å². The third-order valence-corrected chi connectivity index (χ3v) is 0. The van der Waals surface area contributed by atoms with E-state index >= 15 is 0 Å². The van der Waals surface area contributed by atoms with E-state index in [9.17, 15) is 0 Å². The molecule has 0 fully saturated rings. The van der Waals surface area contributed by atoms with Crippen LogP contribution >= 0.6 is 0 Å². The summed E-state index contributed by atoms with van der Waals surface area (Å²) in [6.45, 7) is 0. The third-order valence-electron chi connectivity index (χ3n) is 0. The molecule has 4 nitrogen and oxygen atoms in total. The van der Waals surface area contributed by atoms with E-state index in [-0.39, 0.29) is 71.3 Å². The second kappa shape index (κ2) is 23.8. The van der Waals surface area contributed by atoms with Gasteiger partial charge in [-0.3, -0.25) is 0 Å². The average molecular weight is 142 g/mol. The second-order valence-electron chi connectivity index (χ2n) is 0.283. The summed E-state index contributed by atoms with van der Waals surface area (Å²) in [4.78, 5) is 8.56. The summed E-state index contributed by atoms with van der Waals surface area (Å²) in [6.07, 6.45) is -1.83. The van der Waals surface area contributed by atoms with Crippen LogP contribution in [0.1, 0.15) is 0 Å². The number of hydrogen-bond acceptors (Lipinski definition) is 1. The van der Waals surface area contributed by atoms with Crippen LogP contribution < -0.4 is 0 Å². The summed E-state index contributed by atoms with van der Waals surface area (Å²) >= 11 is 0. The Morgan fingerprint density at radius 2 is 1.25 bits per heavy atom. The van der Waals surface area contributed by atoms with Gasteiger partial charge in [-0.05, 0) is 0 Å². The van der Waals surface area contributed by atoms with Crippen molar-refractivity contribution in [3.05, 3.63) is 0 Å². The minimum absolute atomic E-state index is 0. The quantitative estimate of drug-likeness (QED) is 0.351. The molecule has 0 unspecified atom stereocenters. The maximum absolute atomic E-state index is 8.56. The van der Waals surface area contributed by atoms with E-state index < -0.39 is 6.16 Å². The predicted octanol–water partition coefficient (Wildman–Crippen LogP) is -3.08. The van der Waals surface area contributed by atoms with E-state index in [1.54, 1.807) is 0 Å². The first-order valence-electron chi connectivity index (χ1n) is 0.651. The summed E-state index contributed by atoms with van der Waals surface area (Å²) < 4.78 is 0. The van der Waals surface area contributed by atoms with E-state index in [2.05, 4.69) is 0 Å². The van der Waals surface area contributed by atoms with Gasteiger partial charge in [0.2, 0.25) is 0 Å². The zero-order valence-electron chi connectivity index (χ0n) is 2.30. The Kier molecular flexibility index (Phi) is 102. The fourth-order valence-electron chi connectivity index (χ4n) is 0. The van der Waals surface area contributed by atoms with Gasteiger partial charge >= 0.3 is 54.6 Å². The molecule has 0 aromatic carbocycles. The van der Waals surface area contributed by atoms with Crippen molar-refractivity contribution in [1.29, 1.82) is 0 Å². The van der Waals surface area contributed by atoms with Crippen LogP contribution in [-0.4, -0.2) is 87.6 Å². The Balaban J connectivity index is -0.00000000750. The Morgan fingerprint density at radius 1 is 1.25 bits per heavy atom. The zero-order valence-corrected chi connectivity index (χ0v) is 2.30. The SMILES string of the molecule is O.O=C(O)O.[AlH3].[LiH].[NaH]. The van der Waals surface area contributed by atoms with Gasteiger partial charge in [0.15, 0.2) is 17.4 Å². The molecule has 0 bridgehead atoms. The summed E-state index contributed by atoms with van der Waals surface area (Å²) in [5.74, 6) is 0. The molecular formula is CH9AlLiNaO4. The van der Waals surface area contributed by atoms with Crippen molar-refractivity contribution in [2.24, 2.45) is 0 Å². The van der Waals surface area contributed by atoms with Gasteiger partial charge in [-0.25, -0.2) is 4.79 Å². The van der Waals surface area contributed by atoms with Crippen LogP contribution in [0.2, 0.25) is 0 Å². The topological polar surface area (TPSA) is 89.0 Å². The molecule has 0 spiro atoms. The molecule has 0 amide bonds. The van der Waals surface area contributed by atoms with E-state index in [1.165, 1.54) is 0 Å². The van der Waals surface area contributed by atoms with E-state index in [0.717, 1.165) is 0 Å². The molecule has 0 aliphatic carbocycles. The molecular weight excluding hydrogens is 133 g/mol. The van der Waals surface area contributed by atoms with Crippen molar-refractivity contribution in [2.75, 3.05) is 0 Å². The summed E-state index contributed by atoms with van der Waals surface area (Å²) in [7, 11) is 0. The number of hydrogen-bond donors (Lipinski definition) is 2. The normalized spacial score (nSPS) is 3.00. The fourth-order valence-corrected chi connectivity index (χ4v) is 0. The van der Waals surface area contributed by atoms with Crippen LogP contribution in [0.3, 0.4) is 0 Å². The van der Waals surface area contributed by atoms with Crippen LogP contribution in [0.5, 0.6) is 0 Å². The van der Waals surface area contributed by atoms with Crippen molar-refractivity contribution in [2.45, 2.75) is 0 Å². The average Bonchev–Trinajstić information content (AvgIpc) is 0.811. The van der Waals surface area contributed by atoms with Gasteiger partial charge in [0.1, 0.15) is 0 Å². The molecule has 0 atom stereocenters. The third kappa shape index (κ3) is 161. The molecule has 42 valence electrons. The number of carbonyl (C=O) groups is 1. The van der Waals surface area contributed by atoms with E-state index in [4.69, 9.17) is 15.0 Å². The molecule has 8 heavy (non-hydrogen) atoms. The molecule has 0 radical (unpaired) electrons.